The third kappa shape index (κ3) is 5.83. The number of rotatable bonds is 11. The van der Waals surface area contributed by atoms with Crippen LogP contribution < -0.4 is 19.7 Å². The Bertz CT molecular complexity index is 1170. The van der Waals surface area contributed by atoms with E-state index in [0.717, 1.165) is 5.56 Å². The van der Waals surface area contributed by atoms with E-state index in [1.54, 1.807) is 41.4 Å². The Labute approximate surface area is 214 Å². The molecule has 1 aliphatic carbocycles. The van der Waals surface area contributed by atoms with Crippen LogP contribution in [0.1, 0.15) is 35.2 Å². The van der Waals surface area contributed by atoms with Crippen molar-refractivity contribution in [3.63, 3.8) is 0 Å². The van der Waals surface area contributed by atoms with E-state index >= 15 is 0 Å². The quantitative estimate of drug-likeness (QED) is 0.396. The molecule has 1 aromatic carbocycles. The SMILES string of the molecule is O=C(CN1Cc2ccc(N3CC[C@@H](Oc4ccc(OCC5CC5)nc4)C3=O)cc2C1=O)NCC(O)CO. The molecule has 3 heterocycles. The Morgan fingerprint density at radius 1 is 1.19 bits per heavy atom. The van der Waals surface area contributed by atoms with E-state index in [2.05, 4.69) is 10.3 Å². The molecule has 2 fully saturated rings. The number of fused-ring (bicyclic) bond motifs is 1. The molecule has 196 valence electrons. The number of pyridine rings is 1. The van der Waals surface area contributed by atoms with Crippen molar-refractivity contribution in [3.8, 4) is 11.6 Å². The van der Waals surface area contributed by atoms with Gasteiger partial charge in [-0.15, -0.1) is 0 Å². The van der Waals surface area contributed by atoms with Gasteiger partial charge in [-0.2, -0.15) is 0 Å². The van der Waals surface area contributed by atoms with Gasteiger partial charge in [-0.1, -0.05) is 6.07 Å². The minimum atomic E-state index is -1.05. The Hall–Kier alpha value is -3.70. The van der Waals surface area contributed by atoms with Gasteiger partial charge >= 0.3 is 0 Å². The van der Waals surface area contributed by atoms with E-state index in [9.17, 15) is 19.5 Å². The van der Waals surface area contributed by atoms with Crippen molar-refractivity contribution in [1.29, 1.82) is 0 Å². The second-order valence-corrected chi connectivity index (χ2v) is 9.61. The smallest absolute Gasteiger partial charge is 0.268 e. The molecule has 1 unspecified atom stereocenters. The van der Waals surface area contributed by atoms with Gasteiger partial charge in [-0.05, 0) is 42.5 Å². The molecule has 2 aliphatic heterocycles. The summed E-state index contributed by atoms with van der Waals surface area (Å²) in [5.41, 5.74) is 1.82. The third-order valence-electron chi connectivity index (χ3n) is 6.67. The first kappa shape index (κ1) is 25.0. The Morgan fingerprint density at radius 2 is 2.03 bits per heavy atom. The first-order valence-corrected chi connectivity index (χ1v) is 12.5. The summed E-state index contributed by atoms with van der Waals surface area (Å²) < 4.78 is 11.5. The molecule has 37 heavy (non-hydrogen) atoms. The highest BCUT2D eigenvalue weighted by atomic mass is 16.5. The predicted molar refractivity (Wildman–Crippen MR) is 131 cm³/mol. The van der Waals surface area contributed by atoms with E-state index in [1.165, 1.54) is 17.7 Å². The molecule has 3 amide bonds. The van der Waals surface area contributed by atoms with Crippen LogP contribution in [0.2, 0.25) is 0 Å². The molecule has 1 saturated carbocycles. The maximum atomic E-state index is 13.1. The minimum Gasteiger partial charge on any atom is -0.479 e. The van der Waals surface area contributed by atoms with Gasteiger partial charge in [0.2, 0.25) is 11.8 Å². The normalized spacial score (nSPS) is 19.7. The van der Waals surface area contributed by atoms with Crippen molar-refractivity contribution in [2.24, 2.45) is 5.92 Å². The van der Waals surface area contributed by atoms with Crippen molar-refractivity contribution in [2.45, 2.75) is 38.0 Å². The molecule has 1 saturated heterocycles. The number of carbonyl (C=O) groups is 3. The van der Waals surface area contributed by atoms with Crippen molar-refractivity contribution in [2.75, 3.05) is 37.7 Å². The highest BCUT2D eigenvalue weighted by Crippen LogP contribution is 2.31. The van der Waals surface area contributed by atoms with Gasteiger partial charge in [0.1, 0.15) is 12.3 Å². The van der Waals surface area contributed by atoms with Gasteiger partial charge in [0.25, 0.3) is 11.8 Å². The highest BCUT2D eigenvalue weighted by Gasteiger charge is 2.36. The molecule has 3 aliphatic rings. The van der Waals surface area contributed by atoms with Gasteiger partial charge in [0, 0.05) is 43.4 Å². The third-order valence-corrected chi connectivity index (χ3v) is 6.67. The second kappa shape index (κ2) is 10.7. The van der Waals surface area contributed by atoms with Crippen LogP contribution in [-0.4, -0.2) is 82.9 Å². The fourth-order valence-corrected chi connectivity index (χ4v) is 4.36. The Morgan fingerprint density at radius 3 is 2.76 bits per heavy atom. The number of aliphatic hydroxyl groups excluding tert-OH is 2. The zero-order valence-electron chi connectivity index (χ0n) is 20.3. The number of aromatic nitrogens is 1. The number of carbonyl (C=O) groups excluding carboxylic acids is 3. The molecule has 0 bridgehead atoms. The first-order valence-electron chi connectivity index (χ1n) is 12.5. The molecule has 1 aromatic heterocycles. The molecule has 3 N–H and O–H groups in total. The first-order chi connectivity index (χ1) is 17.9. The van der Waals surface area contributed by atoms with Gasteiger partial charge in [-0.3, -0.25) is 14.4 Å². The van der Waals surface area contributed by atoms with Crippen LogP contribution in [0, 0.1) is 5.92 Å². The number of nitrogens with zero attached hydrogens (tertiary/aromatic N) is 3. The largest absolute Gasteiger partial charge is 0.479 e. The number of nitrogens with one attached hydrogen (secondary N) is 1. The van der Waals surface area contributed by atoms with Gasteiger partial charge in [0.05, 0.1) is 25.5 Å². The Kier molecular flexibility index (Phi) is 7.24. The number of anilines is 1. The zero-order chi connectivity index (χ0) is 25.9. The Balaban J connectivity index is 1.17. The lowest BCUT2D eigenvalue weighted by Gasteiger charge is -2.18. The molecule has 11 heteroatoms. The number of hydrogen-bond donors (Lipinski definition) is 3. The number of ether oxygens (including phenoxy) is 2. The van der Waals surface area contributed by atoms with Crippen molar-refractivity contribution < 1.29 is 34.1 Å². The number of benzene rings is 1. The summed E-state index contributed by atoms with van der Waals surface area (Å²) >= 11 is 0. The van der Waals surface area contributed by atoms with Gasteiger partial charge in [-0.25, -0.2) is 4.98 Å². The average Bonchev–Trinajstić information content (AvgIpc) is 3.61. The highest BCUT2D eigenvalue weighted by molar-refractivity contribution is 6.03. The number of hydrogen-bond acceptors (Lipinski definition) is 8. The fourth-order valence-electron chi connectivity index (χ4n) is 4.36. The van der Waals surface area contributed by atoms with E-state index < -0.39 is 24.7 Å². The maximum Gasteiger partial charge on any atom is 0.268 e. The summed E-state index contributed by atoms with van der Waals surface area (Å²) in [5, 5.41) is 20.7. The lowest BCUT2D eigenvalue weighted by atomic mass is 10.1. The summed E-state index contributed by atoms with van der Waals surface area (Å²) in [5.74, 6) is 0.733. The van der Waals surface area contributed by atoms with Crippen molar-refractivity contribution in [3.05, 3.63) is 47.7 Å². The van der Waals surface area contributed by atoms with Crippen molar-refractivity contribution in [1.82, 2.24) is 15.2 Å². The maximum absolute atomic E-state index is 13.1. The van der Waals surface area contributed by atoms with Gasteiger partial charge in [0.15, 0.2) is 6.10 Å². The number of aliphatic hydroxyl groups is 2. The summed E-state index contributed by atoms with van der Waals surface area (Å²) in [6.07, 6.45) is 2.75. The molecule has 0 radical (unpaired) electrons. The van der Waals surface area contributed by atoms with E-state index in [0.29, 0.717) is 48.4 Å². The average molecular weight is 511 g/mol. The lowest BCUT2D eigenvalue weighted by Crippen LogP contribution is -2.41. The van der Waals surface area contributed by atoms with E-state index in [-0.39, 0.29) is 31.4 Å². The molecular formula is C26H30N4O7. The lowest BCUT2D eigenvalue weighted by molar-refractivity contribution is -0.123. The minimum absolute atomic E-state index is 0.0941. The van der Waals surface area contributed by atoms with Crippen LogP contribution in [-0.2, 0) is 16.1 Å². The van der Waals surface area contributed by atoms with E-state index in [4.69, 9.17) is 14.6 Å². The molecule has 0 spiro atoms. The second-order valence-electron chi connectivity index (χ2n) is 9.61. The summed E-state index contributed by atoms with van der Waals surface area (Å²) in [6.45, 7) is 0.674. The summed E-state index contributed by atoms with van der Waals surface area (Å²) in [6, 6.07) is 8.75. The van der Waals surface area contributed by atoms with E-state index in [1.807, 2.05) is 0 Å². The molecule has 11 nitrogen and oxygen atoms in total. The van der Waals surface area contributed by atoms with Gasteiger partial charge < -0.3 is 34.8 Å². The topological polar surface area (TPSA) is 142 Å². The predicted octanol–water partition coefficient (Wildman–Crippen LogP) is 0.480. The summed E-state index contributed by atoms with van der Waals surface area (Å²) in [7, 11) is 0. The summed E-state index contributed by atoms with van der Waals surface area (Å²) in [4.78, 5) is 45.4. The molecule has 5 rings (SSSR count). The van der Waals surface area contributed by atoms with Crippen LogP contribution in [0.25, 0.3) is 0 Å². The standard InChI is InChI=1S/C26H30N4O7/c31-14-19(32)10-27-23(33)13-29-12-17-3-4-18(9-21(17)25(29)34)30-8-7-22(26(30)35)37-20-5-6-24(28-11-20)36-15-16-1-2-16/h3-6,9,11,16,19,22,31-32H,1-2,7-8,10,12-15H2,(H,27,33)/t19?,22-/m1/s1. The fraction of sp³-hybridized carbons (Fsp3) is 0.462. The van der Waals surface area contributed by atoms with Crippen LogP contribution in [0.5, 0.6) is 11.6 Å². The monoisotopic (exact) mass is 510 g/mol. The van der Waals surface area contributed by atoms with Crippen molar-refractivity contribution >= 4 is 23.4 Å². The molecule has 2 atom stereocenters. The van der Waals surface area contributed by atoms with Crippen LogP contribution >= 0.6 is 0 Å². The molecular weight excluding hydrogens is 480 g/mol. The number of amides is 3. The van der Waals surface area contributed by atoms with Crippen LogP contribution in [0.4, 0.5) is 5.69 Å². The van der Waals surface area contributed by atoms with Crippen LogP contribution in [0.15, 0.2) is 36.5 Å². The van der Waals surface area contributed by atoms with Crippen LogP contribution in [0.3, 0.4) is 0 Å². The zero-order valence-corrected chi connectivity index (χ0v) is 20.3. The molecule has 2 aromatic rings.